The van der Waals surface area contributed by atoms with Crippen molar-refractivity contribution in [2.24, 2.45) is 0 Å². The first-order valence-electron chi connectivity index (χ1n) is 12.9. The molecular weight excluding hydrogens is 513 g/mol. The topological polar surface area (TPSA) is 59.4 Å². The third-order valence-corrected chi connectivity index (χ3v) is 7.00. The number of benzene rings is 4. The van der Waals surface area contributed by atoms with E-state index >= 15 is 0 Å². The normalized spacial score (nSPS) is 14.0. The number of nitrogens with zero attached hydrogens (tertiary/aromatic N) is 3. The minimum absolute atomic E-state index is 0.294. The molecule has 40 heavy (non-hydrogen) atoms. The maximum absolute atomic E-state index is 13.2. The zero-order valence-electron chi connectivity index (χ0n) is 21.7. The Morgan fingerprint density at radius 3 is 2.30 bits per heavy atom. The predicted molar refractivity (Wildman–Crippen MR) is 150 cm³/mol. The van der Waals surface area contributed by atoms with Crippen LogP contribution in [0.15, 0.2) is 97.1 Å². The van der Waals surface area contributed by atoms with Crippen molar-refractivity contribution in [3.8, 4) is 17.2 Å². The summed E-state index contributed by atoms with van der Waals surface area (Å²) >= 11 is 0. The van der Waals surface area contributed by atoms with Gasteiger partial charge in [-0.3, -0.25) is 9.69 Å². The Hall–Kier alpha value is -4.61. The van der Waals surface area contributed by atoms with Gasteiger partial charge in [-0.2, -0.15) is 18.4 Å². The molecule has 1 saturated heterocycles. The maximum Gasteiger partial charge on any atom is 0.416 e. The lowest BCUT2D eigenvalue weighted by Gasteiger charge is -2.36. The fourth-order valence-electron chi connectivity index (χ4n) is 4.91. The summed E-state index contributed by atoms with van der Waals surface area (Å²) in [6, 6.07) is 29.1. The van der Waals surface area contributed by atoms with Gasteiger partial charge in [0.25, 0.3) is 5.91 Å². The van der Waals surface area contributed by atoms with Gasteiger partial charge in [-0.05, 0) is 71.3 Å². The van der Waals surface area contributed by atoms with Crippen LogP contribution in [0.25, 0.3) is 11.1 Å². The Morgan fingerprint density at radius 2 is 1.57 bits per heavy atom. The molecule has 0 aromatic heterocycles. The number of amides is 1. The predicted octanol–water partition coefficient (Wildman–Crippen LogP) is 6.82. The Balaban J connectivity index is 1.21. The van der Waals surface area contributed by atoms with Crippen LogP contribution in [0, 0.1) is 11.3 Å². The van der Waals surface area contributed by atoms with E-state index in [1.807, 2.05) is 48.5 Å². The summed E-state index contributed by atoms with van der Waals surface area (Å²) in [4.78, 5) is 17.8. The number of carbonyl (C=O) groups is 1. The van der Waals surface area contributed by atoms with Gasteiger partial charge in [0.15, 0.2) is 0 Å². The van der Waals surface area contributed by atoms with Gasteiger partial charge in [0.1, 0.15) is 0 Å². The molecule has 5 nitrogen and oxygen atoms in total. The van der Waals surface area contributed by atoms with E-state index in [2.05, 4.69) is 21.2 Å². The Morgan fingerprint density at radius 1 is 0.850 bits per heavy atom. The van der Waals surface area contributed by atoms with Crippen LogP contribution in [0.2, 0.25) is 0 Å². The van der Waals surface area contributed by atoms with Gasteiger partial charge in [0, 0.05) is 49.7 Å². The van der Waals surface area contributed by atoms with Crippen molar-refractivity contribution >= 4 is 17.3 Å². The number of hydrogen-bond donors (Lipinski definition) is 1. The number of nitriles is 1. The molecule has 5 rings (SSSR count). The van der Waals surface area contributed by atoms with E-state index in [0.717, 1.165) is 56.1 Å². The van der Waals surface area contributed by atoms with E-state index in [0.29, 0.717) is 27.9 Å². The van der Waals surface area contributed by atoms with Crippen molar-refractivity contribution in [2.75, 3.05) is 36.4 Å². The molecular formula is C32H27F3N4O. The highest BCUT2D eigenvalue weighted by atomic mass is 19.4. The molecule has 0 saturated carbocycles. The van der Waals surface area contributed by atoms with Crippen LogP contribution in [-0.4, -0.2) is 37.0 Å². The molecule has 202 valence electrons. The van der Waals surface area contributed by atoms with Crippen LogP contribution in [0.4, 0.5) is 24.5 Å². The molecule has 1 aliphatic heterocycles. The highest BCUT2D eigenvalue weighted by molar-refractivity contribution is 6.08. The second kappa shape index (κ2) is 11.6. The standard InChI is InChI=1S/C32H27F3N4O/c33-32(34,35)26-8-4-7-25(20-26)29-9-1-2-10-30(29)31(40)37-27-11-13-28(14-12-27)39-17-15-38(16-18-39)22-24-6-3-5-23(19-24)21-36/h1-14,19-20H,15-18,22H2,(H,37,40). The Labute approximate surface area is 231 Å². The lowest BCUT2D eigenvalue weighted by atomic mass is 9.97. The lowest BCUT2D eigenvalue weighted by Crippen LogP contribution is -2.45. The first-order valence-corrected chi connectivity index (χ1v) is 12.9. The van der Waals surface area contributed by atoms with Crippen molar-refractivity contribution in [3.63, 3.8) is 0 Å². The van der Waals surface area contributed by atoms with Crippen LogP contribution >= 0.6 is 0 Å². The molecule has 1 heterocycles. The van der Waals surface area contributed by atoms with Crippen molar-refractivity contribution in [2.45, 2.75) is 12.7 Å². The largest absolute Gasteiger partial charge is 0.416 e. The third-order valence-electron chi connectivity index (χ3n) is 7.00. The fraction of sp³-hybridized carbons (Fsp3) is 0.188. The van der Waals surface area contributed by atoms with Crippen LogP contribution in [0.5, 0.6) is 0 Å². The summed E-state index contributed by atoms with van der Waals surface area (Å²) in [5.74, 6) is -0.394. The average Bonchev–Trinajstić information content (AvgIpc) is 2.98. The summed E-state index contributed by atoms with van der Waals surface area (Å²) in [5.41, 5.74) is 3.74. The van der Waals surface area contributed by atoms with E-state index in [9.17, 15) is 18.0 Å². The van der Waals surface area contributed by atoms with Gasteiger partial charge in [-0.15, -0.1) is 0 Å². The number of anilines is 2. The highest BCUT2D eigenvalue weighted by Gasteiger charge is 2.30. The number of hydrogen-bond acceptors (Lipinski definition) is 4. The molecule has 1 aliphatic rings. The SMILES string of the molecule is N#Cc1cccc(CN2CCN(c3ccc(NC(=O)c4ccccc4-c4cccc(C(F)(F)F)c4)cc3)CC2)c1. The number of nitrogens with one attached hydrogen (secondary N) is 1. The average molecular weight is 541 g/mol. The summed E-state index contributed by atoms with van der Waals surface area (Å²) in [5, 5.41) is 12.0. The van der Waals surface area contributed by atoms with Gasteiger partial charge >= 0.3 is 6.18 Å². The van der Waals surface area contributed by atoms with Gasteiger partial charge in [-0.1, -0.05) is 42.5 Å². The molecule has 4 aromatic rings. The highest BCUT2D eigenvalue weighted by Crippen LogP contribution is 2.33. The summed E-state index contributed by atoms with van der Waals surface area (Å²) in [7, 11) is 0. The van der Waals surface area contributed by atoms with Crippen molar-refractivity contribution in [3.05, 3.63) is 119 Å². The number of piperazine rings is 1. The molecule has 0 radical (unpaired) electrons. The maximum atomic E-state index is 13.2. The summed E-state index contributed by atoms with van der Waals surface area (Å²) < 4.78 is 39.7. The van der Waals surface area contributed by atoms with Crippen LogP contribution in [-0.2, 0) is 12.7 Å². The molecule has 8 heteroatoms. The minimum Gasteiger partial charge on any atom is -0.369 e. The van der Waals surface area contributed by atoms with Gasteiger partial charge in [0.05, 0.1) is 17.2 Å². The Kier molecular flexibility index (Phi) is 7.85. The second-order valence-corrected chi connectivity index (χ2v) is 9.70. The van der Waals surface area contributed by atoms with Gasteiger partial charge in [0.2, 0.25) is 0 Å². The van der Waals surface area contributed by atoms with E-state index in [4.69, 9.17) is 5.26 Å². The summed E-state index contributed by atoms with van der Waals surface area (Å²) in [6.45, 7) is 4.29. The number of halogens is 3. The van der Waals surface area contributed by atoms with Crippen LogP contribution in [0.3, 0.4) is 0 Å². The van der Waals surface area contributed by atoms with Crippen molar-refractivity contribution < 1.29 is 18.0 Å². The molecule has 0 unspecified atom stereocenters. The second-order valence-electron chi connectivity index (χ2n) is 9.70. The quantitative estimate of drug-likeness (QED) is 0.292. The molecule has 0 aliphatic carbocycles. The van der Waals surface area contributed by atoms with Crippen LogP contribution in [0.1, 0.15) is 27.0 Å². The smallest absolute Gasteiger partial charge is 0.369 e. The monoisotopic (exact) mass is 540 g/mol. The Bertz CT molecular complexity index is 1540. The molecule has 4 aromatic carbocycles. The lowest BCUT2D eigenvalue weighted by molar-refractivity contribution is -0.137. The van der Waals surface area contributed by atoms with E-state index in [1.54, 1.807) is 30.3 Å². The zero-order valence-corrected chi connectivity index (χ0v) is 21.7. The first kappa shape index (κ1) is 27.0. The van der Waals surface area contributed by atoms with Gasteiger partial charge in [-0.25, -0.2) is 0 Å². The number of carbonyl (C=O) groups excluding carboxylic acids is 1. The molecule has 0 spiro atoms. The molecule has 0 bridgehead atoms. The van der Waals surface area contributed by atoms with E-state index in [1.165, 1.54) is 6.07 Å². The summed E-state index contributed by atoms with van der Waals surface area (Å²) in [6.07, 6.45) is -4.47. The zero-order chi connectivity index (χ0) is 28.1. The molecule has 1 amide bonds. The van der Waals surface area contributed by atoms with Crippen LogP contribution < -0.4 is 10.2 Å². The first-order chi connectivity index (χ1) is 19.3. The minimum atomic E-state index is -4.47. The molecule has 1 N–H and O–H groups in total. The molecule has 1 fully saturated rings. The van der Waals surface area contributed by atoms with Crippen molar-refractivity contribution in [1.29, 1.82) is 5.26 Å². The fourth-order valence-corrected chi connectivity index (χ4v) is 4.91. The van der Waals surface area contributed by atoms with Gasteiger partial charge < -0.3 is 10.2 Å². The number of rotatable bonds is 6. The van der Waals surface area contributed by atoms with E-state index in [-0.39, 0.29) is 0 Å². The van der Waals surface area contributed by atoms with E-state index < -0.39 is 17.6 Å². The molecule has 0 atom stereocenters. The third kappa shape index (κ3) is 6.33. The van der Waals surface area contributed by atoms with Crippen molar-refractivity contribution in [1.82, 2.24) is 4.90 Å². The number of alkyl halides is 3.